The van der Waals surface area contributed by atoms with Crippen LogP contribution in [0.3, 0.4) is 0 Å². The number of likely N-dealkylation sites (tertiary alicyclic amines) is 1. The first-order chi connectivity index (χ1) is 16.5. The Labute approximate surface area is 200 Å². The summed E-state index contributed by atoms with van der Waals surface area (Å²) in [6.07, 6.45) is 1.50. The number of rotatable bonds is 8. The Bertz CT molecular complexity index is 1180. The van der Waals surface area contributed by atoms with Crippen LogP contribution in [0.15, 0.2) is 84.4 Å². The smallest absolute Gasteiger partial charge is 0.295 e. The van der Waals surface area contributed by atoms with E-state index in [2.05, 4.69) is 0 Å². The molecule has 3 aromatic rings. The molecule has 0 saturated carbocycles. The maximum Gasteiger partial charge on any atom is 0.295 e. The summed E-state index contributed by atoms with van der Waals surface area (Å²) in [5.41, 5.74) is 3.50. The zero-order valence-electron chi connectivity index (χ0n) is 19.5. The average molecular weight is 456 g/mol. The summed E-state index contributed by atoms with van der Waals surface area (Å²) in [5.74, 6) is -0.689. The molecule has 0 aromatic heterocycles. The third-order valence-corrected chi connectivity index (χ3v) is 6.02. The Balaban J connectivity index is 1.74. The Morgan fingerprint density at radius 2 is 1.62 bits per heavy atom. The SMILES string of the molecule is CCCOc1ccc(C2C(=C(O)c3ccc(C)cc3)C(=O)C(=O)N2CCc2ccccc2)cc1. The van der Waals surface area contributed by atoms with Crippen LogP contribution in [-0.2, 0) is 16.0 Å². The highest BCUT2D eigenvalue weighted by Gasteiger charge is 2.45. The highest BCUT2D eigenvalue weighted by atomic mass is 16.5. The third kappa shape index (κ3) is 4.88. The standard InChI is InChI=1S/C29H29NO4/c1-3-19-34-24-15-13-22(14-16-24)26-25(27(31)23-11-9-20(2)10-12-23)28(32)29(33)30(26)18-17-21-7-5-4-6-8-21/h4-16,26,31H,3,17-19H2,1-2H3. The van der Waals surface area contributed by atoms with E-state index in [4.69, 9.17) is 4.74 Å². The summed E-state index contributed by atoms with van der Waals surface area (Å²) in [6, 6.07) is 23.8. The van der Waals surface area contributed by atoms with Crippen LogP contribution in [0.25, 0.3) is 5.76 Å². The van der Waals surface area contributed by atoms with Crippen molar-refractivity contribution in [3.8, 4) is 5.75 Å². The minimum Gasteiger partial charge on any atom is -0.507 e. The minimum atomic E-state index is -0.676. The van der Waals surface area contributed by atoms with Gasteiger partial charge in [0.25, 0.3) is 11.7 Å². The van der Waals surface area contributed by atoms with Crippen LogP contribution in [0.4, 0.5) is 0 Å². The van der Waals surface area contributed by atoms with E-state index >= 15 is 0 Å². The van der Waals surface area contributed by atoms with Crippen molar-refractivity contribution in [2.75, 3.05) is 13.2 Å². The van der Waals surface area contributed by atoms with Crippen molar-refractivity contribution < 1.29 is 19.4 Å². The van der Waals surface area contributed by atoms with E-state index in [0.29, 0.717) is 25.1 Å². The van der Waals surface area contributed by atoms with Crippen molar-refractivity contribution >= 4 is 17.4 Å². The second-order valence-corrected chi connectivity index (χ2v) is 8.51. The number of hydrogen-bond donors (Lipinski definition) is 1. The molecule has 0 aliphatic carbocycles. The first-order valence-corrected chi connectivity index (χ1v) is 11.6. The highest BCUT2D eigenvalue weighted by Crippen LogP contribution is 2.40. The molecule has 174 valence electrons. The van der Waals surface area contributed by atoms with E-state index in [1.54, 1.807) is 17.0 Å². The second kappa shape index (κ2) is 10.4. The number of aryl methyl sites for hydroxylation is 1. The van der Waals surface area contributed by atoms with E-state index < -0.39 is 17.7 Å². The first kappa shape index (κ1) is 23.3. The summed E-state index contributed by atoms with van der Waals surface area (Å²) >= 11 is 0. The summed E-state index contributed by atoms with van der Waals surface area (Å²) in [4.78, 5) is 27.9. The van der Waals surface area contributed by atoms with Gasteiger partial charge in [0.15, 0.2) is 0 Å². The Hall–Kier alpha value is -3.86. The monoisotopic (exact) mass is 455 g/mol. The van der Waals surface area contributed by atoms with Crippen molar-refractivity contribution in [3.05, 3.63) is 107 Å². The molecule has 1 fully saturated rings. The molecule has 3 aromatic carbocycles. The van der Waals surface area contributed by atoms with Gasteiger partial charge in [0.2, 0.25) is 0 Å². The summed E-state index contributed by atoms with van der Waals surface area (Å²) in [6.45, 7) is 4.97. The molecule has 1 amide bonds. The quantitative estimate of drug-likeness (QED) is 0.279. The average Bonchev–Trinajstić information content (AvgIpc) is 3.12. The molecule has 1 heterocycles. The van der Waals surface area contributed by atoms with Gasteiger partial charge >= 0.3 is 0 Å². The van der Waals surface area contributed by atoms with Crippen molar-refractivity contribution in [1.29, 1.82) is 0 Å². The van der Waals surface area contributed by atoms with Gasteiger partial charge in [-0.2, -0.15) is 0 Å². The van der Waals surface area contributed by atoms with Crippen LogP contribution in [-0.4, -0.2) is 34.8 Å². The van der Waals surface area contributed by atoms with E-state index in [1.807, 2.05) is 80.6 Å². The van der Waals surface area contributed by atoms with E-state index in [0.717, 1.165) is 28.9 Å². The number of ether oxygens (including phenoxy) is 1. The number of Topliss-reactive ketones (excluding diaryl/α,β-unsaturated/α-hetero) is 1. The van der Waals surface area contributed by atoms with Crippen LogP contribution in [0.5, 0.6) is 5.75 Å². The number of carbonyl (C=O) groups is 2. The number of amides is 1. The molecule has 4 rings (SSSR count). The minimum absolute atomic E-state index is 0.115. The van der Waals surface area contributed by atoms with Crippen LogP contribution in [0.2, 0.25) is 0 Å². The molecule has 1 saturated heterocycles. The molecule has 0 bridgehead atoms. The fraction of sp³-hybridized carbons (Fsp3) is 0.241. The van der Waals surface area contributed by atoms with E-state index in [1.165, 1.54) is 0 Å². The summed E-state index contributed by atoms with van der Waals surface area (Å²) < 4.78 is 5.69. The zero-order valence-corrected chi connectivity index (χ0v) is 19.5. The molecular weight excluding hydrogens is 426 g/mol. The lowest BCUT2D eigenvalue weighted by Crippen LogP contribution is -2.31. The lowest BCUT2D eigenvalue weighted by molar-refractivity contribution is -0.139. The van der Waals surface area contributed by atoms with Gasteiger partial charge in [-0.1, -0.05) is 79.2 Å². The maximum atomic E-state index is 13.2. The van der Waals surface area contributed by atoms with Crippen molar-refractivity contribution in [1.82, 2.24) is 4.90 Å². The fourth-order valence-electron chi connectivity index (χ4n) is 4.18. The van der Waals surface area contributed by atoms with Gasteiger partial charge in [-0.3, -0.25) is 9.59 Å². The second-order valence-electron chi connectivity index (χ2n) is 8.51. The number of nitrogens with zero attached hydrogens (tertiary/aromatic N) is 1. The molecule has 1 unspecified atom stereocenters. The van der Waals surface area contributed by atoms with Gasteiger partial charge in [0, 0.05) is 12.1 Å². The van der Waals surface area contributed by atoms with Gasteiger partial charge in [-0.25, -0.2) is 0 Å². The van der Waals surface area contributed by atoms with Gasteiger partial charge in [-0.05, 0) is 43.0 Å². The van der Waals surface area contributed by atoms with Crippen LogP contribution < -0.4 is 4.74 Å². The summed E-state index contributed by atoms with van der Waals surface area (Å²) in [5, 5.41) is 11.2. The lowest BCUT2D eigenvalue weighted by Gasteiger charge is -2.25. The van der Waals surface area contributed by atoms with Gasteiger partial charge in [0.1, 0.15) is 11.5 Å². The Morgan fingerprint density at radius 3 is 2.26 bits per heavy atom. The number of benzene rings is 3. The molecule has 1 N–H and O–H groups in total. The Kier molecular flexibility index (Phi) is 7.12. The first-order valence-electron chi connectivity index (χ1n) is 11.6. The van der Waals surface area contributed by atoms with Crippen molar-refractivity contribution in [2.45, 2.75) is 32.7 Å². The van der Waals surface area contributed by atoms with Crippen LogP contribution in [0, 0.1) is 6.92 Å². The van der Waals surface area contributed by atoms with Crippen molar-refractivity contribution in [2.24, 2.45) is 0 Å². The van der Waals surface area contributed by atoms with E-state index in [9.17, 15) is 14.7 Å². The molecule has 0 radical (unpaired) electrons. The molecule has 5 nitrogen and oxygen atoms in total. The predicted molar refractivity (Wildman–Crippen MR) is 133 cm³/mol. The molecule has 1 aliphatic heterocycles. The molecule has 1 atom stereocenters. The topological polar surface area (TPSA) is 66.8 Å². The lowest BCUT2D eigenvalue weighted by atomic mass is 9.95. The highest BCUT2D eigenvalue weighted by molar-refractivity contribution is 6.46. The third-order valence-electron chi connectivity index (χ3n) is 6.02. The zero-order chi connectivity index (χ0) is 24.1. The Morgan fingerprint density at radius 1 is 0.941 bits per heavy atom. The van der Waals surface area contributed by atoms with Gasteiger partial charge in [-0.15, -0.1) is 0 Å². The molecular formula is C29H29NO4. The summed E-state index contributed by atoms with van der Waals surface area (Å²) in [7, 11) is 0. The van der Waals surface area contributed by atoms with Crippen LogP contribution in [0.1, 0.15) is 41.6 Å². The largest absolute Gasteiger partial charge is 0.507 e. The normalized spacial score (nSPS) is 17.2. The molecule has 1 aliphatic rings. The molecule has 0 spiro atoms. The number of aliphatic hydroxyl groups is 1. The molecule has 34 heavy (non-hydrogen) atoms. The van der Waals surface area contributed by atoms with E-state index in [-0.39, 0.29) is 11.3 Å². The maximum absolute atomic E-state index is 13.2. The number of carbonyl (C=O) groups excluding carboxylic acids is 2. The van der Waals surface area contributed by atoms with Crippen molar-refractivity contribution in [3.63, 3.8) is 0 Å². The van der Waals surface area contributed by atoms with Gasteiger partial charge < -0.3 is 14.7 Å². The van der Waals surface area contributed by atoms with Gasteiger partial charge in [0.05, 0.1) is 18.2 Å². The number of hydrogen-bond acceptors (Lipinski definition) is 4. The molecule has 5 heteroatoms. The predicted octanol–water partition coefficient (Wildman–Crippen LogP) is 5.45. The number of aliphatic hydroxyl groups excluding tert-OH is 1. The fourth-order valence-corrected chi connectivity index (χ4v) is 4.18. The van der Waals surface area contributed by atoms with Crippen LogP contribution >= 0.6 is 0 Å². The number of ketones is 1.